The Morgan fingerprint density at radius 3 is 2.86 bits per heavy atom. The van der Waals surface area contributed by atoms with E-state index in [1.54, 1.807) is 30.0 Å². The number of carbonyl (C=O) groups excluding carboxylic acids is 1. The second-order valence-corrected chi connectivity index (χ2v) is 4.97. The molecule has 0 aliphatic carbocycles. The van der Waals surface area contributed by atoms with Crippen LogP contribution in [-0.4, -0.2) is 50.3 Å². The van der Waals surface area contributed by atoms with Gasteiger partial charge < -0.3 is 19.7 Å². The minimum absolute atomic E-state index is 0.0154. The molecule has 21 heavy (non-hydrogen) atoms. The Bertz CT molecular complexity index is 490. The average Bonchev–Trinajstić information content (AvgIpc) is 2.53. The van der Waals surface area contributed by atoms with Gasteiger partial charge in [-0.05, 0) is 13.0 Å². The fourth-order valence-electron chi connectivity index (χ4n) is 2.26. The number of nitrogens with zero attached hydrogens (tertiary/aromatic N) is 1. The van der Waals surface area contributed by atoms with E-state index in [4.69, 9.17) is 9.47 Å². The van der Waals surface area contributed by atoms with Gasteiger partial charge in [-0.25, -0.2) is 4.39 Å². The molecule has 1 heterocycles. The smallest absolute Gasteiger partial charge is 0.239 e. The van der Waals surface area contributed by atoms with Crippen LogP contribution in [0.25, 0.3) is 0 Å². The lowest BCUT2D eigenvalue weighted by Crippen LogP contribution is -2.49. The number of benzene rings is 1. The van der Waals surface area contributed by atoms with E-state index < -0.39 is 5.82 Å². The van der Waals surface area contributed by atoms with Crippen LogP contribution >= 0.6 is 0 Å². The molecular formula is C15H21FN2O3. The highest BCUT2D eigenvalue weighted by Gasteiger charge is 2.22. The second kappa shape index (κ2) is 7.38. The van der Waals surface area contributed by atoms with Crippen molar-refractivity contribution in [1.29, 1.82) is 0 Å². The van der Waals surface area contributed by atoms with E-state index in [2.05, 4.69) is 5.32 Å². The largest absolute Gasteiger partial charge is 0.494 e. The van der Waals surface area contributed by atoms with Crippen LogP contribution in [0.5, 0.6) is 5.75 Å². The lowest BCUT2D eigenvalue weighted by molar-refractivity contribution is -0.137. The Hall–Kier alpha value is -1.66. The molecule has 0 spiro atoms. The summed E-state index contributed by atoms with van der Waals surface area (Å²) in [6.45, 7) is 4.43. The number of rotatable bonds is 5. The first kappa shape index (κ1) is 15.7. The Balaban J connectivity index is 1.91. The third kappa shape index (κ3) is 3.92. The van der Waals surface area contributed by atoms with Crippen molar-refractivity contribution < 1.29 is 18.7 Å². The number of nitrogens with one attached hydrogen (secondary N) is 1. The molecule has 0 radical (unpaired) electrons. The third-order valence-corrected chi connectivity index (χ3v) is 3.56. The first-order valence-corrected chi connectivity index (χ1v) is 7.04. The number of methoxy groups -OCH3 is 1. The maximum atomic E-state index is 14.0. The molecule has 0 aromatic heterocycles. The maximum Gasteiger partial charge on any atom is 0.239 e. The van der Waals surface area contributed by atoms with Gasteiger partial charge in [0, 0.05) is 25.2 Å². The molecule has 116 valence electrons. The molecule has 1 aliphatic heterocycles. The predicted molar refractivity (Wildman–Crippen MR) is 76.7 cm³/mol. The topological polar surface area (TPSA) is 50.8 Å². The SMILES string of the molecule is COc1cccc(CNC(C)C(=O)N2CCOCC2)c1F. The van der Waals surface area contributed by atoms with Crippen molar-refractivity contribution in [2.75, 3.05) is 33.4 Å². The lowest BCUT2D eigenvalue weighted by Gasteiger charge is -2.29. The summed E-state index contributed by atoms with van der Waals surface area (Å²) in [4.78, 5) is 14.0. The first-order chi connectivity index (χ1) is 10.1. The van der Waals surface area contributed by atoms with E-state index in [1.165, 1.54) is 7.11 Å². The van der Waals surface area contributed by atoms with Gasteiger partial charge in [-0.3, -0.25) is 4.79 Å². The van der Waals surface area contributed by atoms with Crippen LogP contribution in [0.1, 0.15) is 12.5 Å². The number of halogens is 1. The van der Waals surface area contributed by atoms with E-state index in [9.17, 15) is 9.18 Å². The molecule has 2 rings (SSSR count). The highest BCUT2D eigenvalue weighted by atomic mass is 19.1. The molecule has 1 saturated heterocycles. The highest BCUT2D eigenvalue weighted by Crippen LogP contribution is 2.19. The van der Waals surface area contributed by atoms with Gasteiger partial charge in [-0.2, -0.15) is 0 Å². The van der Waals surface area contributed by atoms with Crippen LogP contribution in [-0.2, 0) is 16.1 Å². The van der Waals surface area contributed by atoms with Crippen LogP contribution in [0.2, 0.25) is 0 Å². The maximum absolute atomic E-state index is 14.0. The fraction of sp³-hybridized carbons (Fsp3) is 0.533. The number of amides is 1. The Morgan fingerprint density at radius 1 is 1.48 bits per heavy atom. The number of hydrogen-bond acceptors (Lipinski definition) is 4. The van der Waals surface area contributed by atoms with Crippen molar-refractivity contribution in [3.63, 3.8) is 0 Å². The van der Waals surface area contributed by atoms with E-state index in [1.807, 2.05) is 0 Å². The molecule has 1 aromatic rings. The van der Waals surface area contributed by atoms with Crippen LogP contribution in [0.4, 0.5) is 4.39 Å². The first-order valence-electron chi connectivity index (χ1n) is 7.04. The fourth-order valence-corrected chi connectivity index (χ4v) is 2.26. The molecule has 1 amide bonds. The van der Waals surface area contributed by atoms with Gasteiger partial charge in [-0.15, -0.1) is 0 Å². The van der Waals surface area contributed by atoms with Gasteiger partial charge >= 0.3 is 0 Å². The van der Waals surface area contributed by atoms with E-state index >= 15 is 0 Å². The number of hydrogen-bond donors (Lipinski definition) is 1. The van der Waals surface area contributed by atoms with Gasteiger partial charge in [0.2, 0.25) is 5.91 Å². The minimum Gasteiger partial charge on any atom is -0.494 e. The molecule has 6 heteroatoms. The summed E-state index contributed by atoms with van der Waals surface area (Å²) < 4.78 is 24.2. The molecule has 1 aromatic carbocycles. The quantitative estimate of drug-likeness (QED) is 0.886. The van der Waals surface area contributed by atoms with Crippen LogP contribution < -0.4 is 10.1 Å². The molecule has 0 saturated carbocycles. The monoisotopic (exact) mass is 296 g/mol. The molecule has 1 fully saturated rings. The predicted octanol–water partition coefficient (Wildman–Crippen LogP) is 1.17. The van der Waals surface area contributed by atoms with Crippen molar-refractivity contribution in [2.24, 2.45) is 0 Å². The highest BCUT2D eigenvalue weighted by molar-refractivity contribution is 5.81. The van der Waals surface area contributed by atoms with Crippen molar-refractivity contribution in [3.8, 4) is 5.75 Å². The summed E-state index contributed by atoms with van der Waals surface area (Å²) >= 11 is 0. The van der Waals surface area contributed by atoms with Gasteiger partial charge in [0.15, 0.2) is 11.6 Å². The van der Waals surface area contributed by atoms with Crippen LogP contribution in [0.3, 0.4) is 0 Å². The Kier molecular flexibility index (Phi) is 5.52. The van der Waals surface area contributed by atoms with Crippen molar-refractivity contribution in [3.05, 3.63) is 29.6 Å². The van der Waals surface area contributed by atoms with Crippen molar-refractivity contribution >= 4 is 5.91 Å². The summed E-state index contributed by atoms with van der Waals surface area (Å²) in [6.07, 6.45) is 0. The summed E-state index contributed by atoms with van der Waals surface area (Å²) in [5, 5.41) is 3.06. The third-order valence-electron chi connectivity index (χ3n) is 3.56. The van der Waals surface area contributed by atoms with E-state index in [0.29, 0.717) is 31.9 Å². The number of ether oxygens (including phenoxy) is 2. The minimum atomic E-state index is -0.390. The summed E-state index contributed by atoms with van der Waals surface area (Å²) in [6, 6.07) is 4.61. The Labute approximate surface area is 124 Å². The number of morpholine rings is 1. The summed E-state index contributed by atoms with van der Waals surface area (Å²) in [5.74, 6) is -0.165. The molecule has 1 atom stereocenters. The Morgan fingerprint density at radius 2 is 2.19 bits per heavy atom. The average molecular weight is 296 g/mol. The van der Waals surface area contributed by atoms with Crippen LogP contribution in [0, 0.1) is 5.82 Å². The molecule has 5 nitrogen and oxygen atoms in total. The van der Waals surface area contributed by atoms with Crippen LogP contribution in [0.15, 0.2) is 18.2 Å². The van der Waals surface area contributed by atoms with E-state index in [-0.39, 0.29) is 24.2 Å². The lowest BCUT2D eigenvalue weighted by atomic mass is 10.1. The molecule has 0 bridgehead atoms. The van der Waals surface area contributed by atoms with Gasteiger partial charge in [0.05, 0.1) is 26.4 Å². The zero-order valence-corrected chi connectivity index (χ0v) is 12.4. The molecule has 1 unspecified atom stereocenters. The molecular weight excluding hydrogens is 275 g/mol. The summed E-state index contributed by atoms with van der Waals surface area (Å²) in [7, 11) is 1.43. The van der Waals surface area contributed by atoms with Gasteiger partial charge in [-0.1, -0.05) is 12.1 Å². The molecule has 1 N–H and O–H groups in total. The van der Waals surface area contributed by atoms with E-state index in [0.717, 1.165) is 0 Å². The second-order valence-electron chi connectivity index (χ2n) is 4.97. The summed E-state index contributed by atoms with van der Waals surface area (Å²) in [5.41, 5.74) is 0.482. The van der Waals surface area contributed by atoms with Crippen molar-refractivity contribution in [1.82, 2.24) is 10.2 Å². The molecule has 1 aliphatic rings. The normalized spacial score (nSPS) is 16.6. The zero-order valence-electron chi connectivity index (χ0n) is 12.4. The van der Waals surface area contributed by atoms with Crippen molar-refractivity contribution in [2.45, 2.75) is 19.5 Å². The van der Waals surface area contributed by atoms with Gasteiger partial charge in [0.25, 0.3) is 0 Å². The number of carbonyl (C=O) groups is 1. The van der Waals surface area contributed by atoms with Gasteiger partial charge in [0.1, 0.15) is 0 Å². The standard InChI is InChI=1S/C15H21FN2O3/c1-11(15(19)18-6-8-21-9-7-18)17-10-12-4-3-5-13(20-2)14(12)16/h3-5,11,17H,6-10H2,1-2H3. The zero-order chi connectivity index (χ0) is 15.2.